The van der Waals surface area contributed by atoms with Crippen molar-refractivity contribution in [2.75, 3.05) is 0 Å². The van der Waals surface area contributed by atoms with Crippen LogP contribution in [0.25, 0.3) is 22.4 Å². The summed E-state index contributed by atoms with van der Waals surface area (Å²) in [6.07, 6.45) is 2.11. The summed E-state index contributed by atoms with van der Waals surface area (Å²) in [6, 6.07) is 21.5. The van der Waals surface area contributed by atoms with Crippen LogP contribution >= 0.6 is 0 Å². The van der Waals surface area contributed by atoms with E-state index >= 15 is 0 Å². The molecule has 1 aromatic heterocycles. The first kappa shape index (κ1) is 13.6. The topological polar surface area (TPSA) is 3.88 Å². The van der Waals surface area contributed by atoms with Gasteiger partial charge in [-0.15, -0.1) is 0 Å². The molecule has 3 rings (SSSR count). The first-order chi connectivity index (χ1) is 10.2. The van der Waals surface area contributed by atoms with Gasteiger partial charge in [-0.25, -0.2) is 4.57 Å². The van der Waals surface area contributed by atoms with Gasteiger partial charge in [0.05, 0.1) is 0 Å². The molecule has 0 aliphatic carbocycles. The van der Waals surface area contributed by atoms with Crippen LogP contribution in [0.2, 0.25) is 0 Å². The molecule has 0 spiro atoms. The molecule has 0 atom stereocenters. The van der Waals surface area contributed by atoms with E-state index in [1.807, 2.05) is 0 Å². The van der Waals surface area contributed by atoms with Crippen molar-refractivity contribution in [3.63, 3.8) is 0 Å². The van der Waals surface area contributed by atoms with Crippen LogP contribution in [0.1, 0.15) is 11.1 Å². The Kier molecular flexibility index (Phi) is 3.57. The normalized spacial score (nSPS) is 10.6. The summed E-state index contributed by atoms with van der Waals surface area (Å²) in [6.45, 7) is 4.35. The number of pyridine rings is 1. The maximum absolute atomic E-state index is 2.30. The van der Waals surface area contributed by atoms with Crippen LogP contribution < -0.4 is 4.57 Å². The predicted molar refractivity (Wildman–Crippen MR) is 88.0 cm³/mol. The number of nitrogens with zero attached hydrogens (tertiary/aromatic N) is 1. The molecule has 0 aliphatic heterocycles. The standard InChI is InChI=1S/C20H20N/c1-15-11-12-18(17-9-5-4-6-10-17)14-19(15)20-16(2)8-7-13-21(20)3/h4-14H,1-3H3/q+1. The maximum atomic E-state index is 2.30. The minimum Gasteiger partial charge on any atom is -0.201 e. The largest absolute Gasteiger partial charge is 0.215 e. The monoisotopic (exact) mass is 274 g/mol. The third-order valence-electron chi connectivity index (χ3n) is 3.98. The van der Waals surface area contributed by atoms with Crippen LogP contribution in [0.5, 0.6) is 0 Å². The van der Waals surface area contributed by atoms with Crippen molar-refractivity contribution in [1.29, 1.82) is 0 Å². The van der Waals surface area contributed by atoms with Crippen molar-refractivity contribution in [2.24, 2.45) is 7.05 Å². The first-order valence-corrected chi connectivity index (χ1v) is 7.28. The van der Waals surface area contributed by atoms with Gasteiger partial charge >= 0.3 is 0 Å². The van der Waals surface area contributed by atoms with Gasteiger partial charge in [-0.2, -0.15) is 0 Å². The zero-order chi connectivity index (χ0) is 14.8. The van der Waals surface area contributed by atoms with Crippen LogP contribution in [-0.4, -0.2) is 0 Å². The molecule has 0 unspecified atom stereocenters. The van der Waals surface area contributed by atoms with E-state index in [4.69, 9.17) is 0 Å². The van der Waals surface area contributed by atoms with Crippen molar-refractivity contribution < 1.29 is 4.57 Å². The van der Waals surface area contributed by atoms with Crippen LogP contribution in [0, 0.1) is 13.8 Å². The predicted octanol–water partition coefficient (Wildman–Crippen LogP) is 4.46. The molecule has 21 heavy (non-hydrogen) atoms. The van der Waals surface area contributed by atoms with Gasteiger partial charge in [0.25, 0.3) is 0 Å². The number of aromatic nitrogens is 1. The number of benzene rings is 2. The van der Waals surface area contributed by atoms with Crippen LogP contribution in [0.15, 0.2) is 66.9 Å². The van der Waals surface area contributed by atoms with E-state index in [0.717, 1.165) is 0 Å². The van der Waals surface area contributed by atoms with E-state index in [-0.39, 0.29) is 0 Å². The number of aryl methyl sites for hydroxylation is 3. The fraction of sp³-hybridized carbons (Fsp3) is 0.150. The molecule has 1 nitrogen and oxygen atoms in total. The van der Waals surface area contributed by atoms with Crippen LogP contribution in [0.4, 0.5) is 0 Å². The van der Waals surface area contributed by atoms with Crippen molar-refractivity contribution in [1.82, 2.24) is 0 Å². The van der Waals surface area contributed by atoms with E-state index in [1.165, 1.54) is 33.5 Å². The lowest BCUT2D eigenvalue weighted by Crippen LogP contribution is -2.31. The molecule has 1 heterocycles. The Hall–Kier alpha value is -2.41. The molecule has 0 saturated heterocycles. The van der Waals surface area contributed by atoms with E-state index in [2.05, 4.69) is 92.3 Å². The maximum Gasteiger partial charge on any atom is 0.215 e. The minimum atomic E-state index is 1.26. The highest BCUT2D eigenvalue weighted by atomic mass is 14.9. The molecule has 1 heteroatoms. The third-order valence-corrected chi connectivity index (χ3v) is 3.98. The van der Waals surface area contributed by atoms with Crippen LogP contribution in [-0.2, 0) is 7.05 Å². The molecule has 0 saturated carbocycles. The highest BCUT2D eigenvalue weighted by molar-refractivity contribution is 5.73. The van der Waals surface area contributed by atoms with E-state index in [0.29, 0.717) is 0 Å². The van der Waals surface area contributed by atoms with Gasteiger partial charge in [0.15, 0.2) is 6.20 Å². The Morgan fingerprint density at radius 3 is 2.19 bits per heavy atom. The number of rotatable bonds is 2. The molecule has 0 fully saturated rings. The number of hydrogen-bond acceptors (Lipinski definition) is 0. The Morgan fingerprint density at radius 1 is 0.714 bits per heavy atom. The molecule has 0 bridgehead atoms. The van der Waals surface area contributed by atoms with Crippen molar-refractivity contribution in [3.8, 4) is 22.4 Å². The summed E-state index contributed by atoms with van der Waals surface area (Å²) in [5.74, 6) is 0. The first-order valence-electron chi connectivity index (χ1n) is 7.28. The van der Waals surface area contributed by atoms with Gasteiger partial charge in [0, 0.05) is 17.2 Å². The lowest BCUT2D eigenvalue weighted by molar-refractivity contribution is -0.660. The second-order valence-corrected chi connectivity index (χ2v) is 5.55. The van der Waals surface area contributed by atoms with Gasteiger partial charge in [0.2, 0.25) is 5.69 Å². The highest BCUT2D eigenvalue weighted by Gasteiger charge is 2.15. The van der Waals surface area contributed by atoms with Crippen molar-refractivity contribution in [2.45, 2.75) is 13.8 Å². The second-order valence-electron chi connectivity index (χ2n) is 5.55. The molecule has 0 radical (unpaired) electrons. The Labute approximate surface area is 126 Å². The third kappa shape index (κ3) is 2.59. The summed E-state index contributed by atoms with van der Waals surface area (Å²) >= 11 is 0. The Balaban J connectivity index is 2.20. The van der Waals surface area contributed by atoms with Gasteiger partial charge in [-0.05, 0) is 42.7 Å². The van der Waals surface area contributed by atoms with E-state index in [1.54, 1.807) is 0 Å². The zero-order valence-corrected chi connectivity index (χ0v) is 12.8. The minimum absolute atomic E-state index is 1.26. The summed E-state index contributed by atoms with van der Waals surface area (Å²) in [7, 11) is 2.11. The molecule has 3 aromatic rings. The van der Waals surface area contributed by atoms with Gasteiger partial charge in [-0.1, -0.05) is 42.5 Å². The molecule has 0 N–H and O–H groups in total. The summed E-state index contributed by atoms with van der Waals surface area (Å²) < 4.78 is 2.20. The quantitative estimate of drug-likeness (QED) is 0.607. The van der Waals surface area contributed by atoms with E-state index in [9.17, 15) is 0 Å². The number of hydrogen-bond donors (Lipinski definition) is 0. The zero-order valence-electron chi connectivity index (χ0n) is 12.8. The SMILES string of the molecule is Cc1ccc(-c2ccccc2)cc1-c1c(C)ccc[n+]1C. The fourth-order valence-corrected chi connectivity index (χ4v) is 2.84. The second kappa shape index (κ2) is 5.53. The summed E-state index contributed by atoms with van der Waals surface area (Å²) in [5.41, 5.74) is 7.71. The Morgan fingerprint density at radius 2 is 1.48 bits per heavy atom. The van der Waals surface area contributed by atoms with Gasteiger partial charge in [-0.3, -0.25) is 0 Å². The molecule has 2 aromatic carbocycles. The highest BCUT2D eigenvalue weighted by Crippen LogP contribution is 2.29. The Bertz CT molecular complexity index is 753. The smallest absolute Gasteiger partial charge is 0.201 e. The molecule has 104 valence electrons. The average molecular weight is 274 g/mol. The molecular weight excluding hydrogens is 254 g/mol. The average Bonchev–Trinajstić information content (AvgIpc) is 2.50. The lowest BCUT2D eigenvalue weighted by Gasteiger charge is -2.10. The summed E-state index contributed by atoms with van der Waals surface area (Å²) in [4.78, 5) is 0. The van der Waals surface area contributed by atoms with Gasteiger partial charge in [0.1, 0.15) is 7.05 Å². The van der Waals surface area contributed by atoms with Crippen molar-refractivity contribution >= 4 is 0 Å². The van der Waals surface area contributed by atoms with Crippen molar-refractivity contribution in [3.05, 3.63) is 78.0 Å². The van der Waals surface area contributed by atoms with Crippen LogP contribution in [0.3, 0.4) is 0 Å². The van der Waals surface area contributed by atoms with E-state index < -0.39 is 0 Å². The summed E-state index contributed by atoms with van der Waals surface area (Å²) in [5, 5.41) is 0. The van der Waals surface area contributed by atoms with Gasteiger partial charge < -0.3 is 0 Å². The fourth-order valence-electron chi connectivity index (χ4n) is 2.84. The molecule has 0 aliphatic rings. The molecule has 0 amide bonds. The lowest BCUT2D eigenvalue weighted by atomic mass is 9.96. The molecular formula is C20H20N+.